The Balaban J connectivity index is 2.38. The molecule has 3 rings (SSSR count). The van der Waals surface area contributed by atoms with Crippen LogP contribution in [0.1, 0.15) is 5.56 Å². The second-order valence-corrected chi connectivity index (χ2v) is 4.26. The standard InChI is InChI=1S/C14H8ClN3/c15-12-5-1-2-6-13(12)18-9-10(8-16)11-4-3-7-17-14(11)18/h1-7,9H. The van der Waals surface area contributed by atoms with E-state index in [0.29, 0.717) is 10.6 Å². The van der Waals surface area contributed by atoms with Crippen LogP contribution in [-0.4, -0.2) is 9.55 Å². The third kappa shape index (κ3) is 1.55. The van der Waals surface area contributed by atoms with Crippen LogP contribution in [0, 0.1) is 11.3 Å². The van der Waals surface area contributed by atoms with Crippen molar-refractivity contribution in [3.8, 4) is 11.8 Å². The molecular formula is C14H8ClN3. The molecule has 0 aliphatic carbocycles. The van der Waals surface area contributed by atoms with E-state index in [1.54, 1.807) is 12.4 Å². The van der Waals surface area contributed by atoms with Gasteiger partial charge in [0.1, 0.15) is 11.7 Å². The lowest BCUT2D eigenvalue weighted by Gasteiger charge is -2.05. The quantitative estimate of drug-likeness (QED) is 0.665. The zero-order valence-corrected chi connectivity index (χ0v) is 10.1. The number of nitrogens with zero attached hydrogens (tertiary/aromatic N) is 3. The molecule has 2 aromatic heterocycles. The summed E-state index contributed by atoms with van der Waals surface area (Å²) in [6, 6.07) is 13.4. The largest absolute Gasteiger partial charge is 0.298 e. The number of pyridine rings is 1. The monoisotopic (exact) mass is 253 g/mol. The number of rotatable bonds is 1. The topological polar surface area (TPSA) is 41.6 Å². The zero-order chi connectivity index (χ0) is 12.5. The summed E-state index contributed by atoms with van der Waals surface area (Å²) in [7, 11) is 0. The minimum absolute atomic E-state index is 0.595. The minimum atomic E-state index is 0.595. The van der Waals surface area contributed by atoms with E-state index in [9.17, 15) is 0 Å². The third-order valence-electron chi connectivity index (χ3n) is 2.80. The molecule has 86 valence electrons. The van der Waals surface area contributed by atoms with E-state index in [2.05, 4.69) is 11.1 Å². The van der Waals surface area contributed by atoms with Crippen LogP contribution in [0.2, 0.25) is 5.02 Å². The van der Waals surface area contributed by atoms with Crippen LogP contribution in [0.4, 0.5) is 0 Å². The molecule has 0 bridgehead atoms. The van der Waals surface area contributed by atoms with Crippen molar-refractivity contribution in [1.82, 2.24) is 9.55 Å². The van der Waals surface area contributed by atoms with Gasteiger partial charge in [-0.1, -0.05) is 23.7 Å². The molecule has 0 aliphatic heterocycles. The van der Waals surface area contributed by atoms with Crippen LogP contribution in [-0.2, 0) is 0 Å². The lowest BCUT2D eigenvalue weighted by atomic mass is 10.2. The van der Waals surface area contributed by atoms with Crippen LogP contribution >= 0.6 is 11.6 Å². The molecule has 0 unspecified atom stereocenters. The molecule has 0 amide bonds. The molecule has 4 heteroatoms. The Labute approximate surface area is 109 Å². The normalized spacial score (nSPS) is 10.4. The Kier molecular flexibility index (Phi) is 2.51. The fourth-order valence-electron chi connectivity index (χ4n) is 1.98. The van der Waals surface area contributed by atoms with Crippen LogP contribution < -0.4 is 0 Å². The van der Waals surface area contributed by atoms with Gasteiger partial charge >= 0.3 is 0 Å². The number of fused-ring (bicyclic) bond motifs is 1. The fourth-order valence-corrected chi connectivity index (χ4v) is 2.21. The number of halogens is 1. The van der Waals surface area contributed by atoms with Crippen molar-refractivity contribution in [2.45, 2.75) is 0 Å². The lowest BCUT2D eigenvalue weighted by Crippen LogP contribution is -1.93. The van der Waals surface area contributed by atoms with Gasteiger partial charge in [-0.3, -0.25) is 4.57 Å². The first kappa shape index (κ1) is 10.8. The smallest absolute Gasteiger partial charge is 0.145 e. The summed E-state index contributed by atoms with van der Waals surface area (Å²) in [6.07, 6.45) is 3.47. The lowest BCUT2D eigenvalue weighted by molar-refractivity contribution is 1.09. The van der Waals surface area contributed by atoms with Crippen LogP contribution in [0.25, 0.3) is 16.7 Å². The van der Waals surface area contributed by atoms with E-state index < -0.39 is 0 Å². The minimum Gasteiger partial charge on any atom is -0.298 e. The van der Waals surface area contributed by atoms with E-state index in [1.807, 2.05) is 41.0 Å². The van der Waals surface area contributed by atoms with E-state index in [1.165, 1.54) is 0 Å². The van der Waals surface area contributed by atoms with Gasteiger partial charge in [0, 0.05) is 17.8 Å². The Hall–Kier alpha value is -2.31. The fraction of sp³-hybridized carbons (Fsp3) is 0. The number of hydrogen-bond donors (Lipinski definition) is 0. The highest BCUT2D eigenvalue weighted by atomic mass is 35.5. The molecular weight excluding hydrogens is 246 g/mol. The van der Waals surface area contributed by atoms with Crippen molar-refractivity contribution < 1.29 is 0 Å². The third-order valence-corrected chi connectivity index (χ3v) is 3.12. The van der Waals surface area contributed by atoms with Crippen molar-refractivity contribution in [1.29, 1.82) is 5.26 Å². The highest BCUT2D eigenvalue weighted by Gasteiger charge is 2.11. The van der Waals surface area contributed by atoms with Gasteiger partial charge in [0.2, 0.25) is 0 Å². The predicted molar refractivity (Wildman–Crippen MR) is 70.8 cm³/mol. The highest BCUT2D eigenvalue weighted by molar-refractivity contribution is 6.32. The Morgan fingerprint density at radius 2 is 2.00 bits per heavy atom. The number of para-hydroxylation sites is 1. The summed E-state index contributed by atoms with van der Waals surface area (Å²) in [6.45, 7) is 0. The van der Waals surface area contributed by atoms with Crippen molar-refractivity contribution in [2.24, 2.45) is 0 Å². The molecule has 0 spiro atoms. The van der Waals surface area contributed by atoms with Gasteiger partial charge in [0.15, 0.2) is 0 Å². The maximum Gasteiger partial charge on any atom is 0.145 e. The number of benzene rings is 1. The van der Waals surface area contributed by atoms with Gasteiger partial charge in [-0.15, -0.1) is 0 Å². The second-order valence-electron chi connectivity index (χ2n) is 3.85. The zero-order valence-electron chi connectivity index (χ0n) is 9.34. The Morgan fingerprint density at radius 1 is 1.17 bits per heavy atom. The molecule has 18 heavy (non-hydrogen) atoms. The first-order chi connectivity index (χ1) is 8.81. The summed E-state index contributed by atoms with van der Waals surface area (Å²) in [5.74, 6) is 0. The van der Waals surface area contributed by atoms with E-state index in [0.717, 1.165) is 16.7 Å². The number of nitriles is 1. The molecule has 0 atom stereocenters. The van der Waals surface area contributed by atoms with Crippen molar-refractivity contribution in [3.05, 3.63) is 59.4 Å². The molecule has 2 heterocycles. The molecule has 3 nitrogen and oxygen atoms in total. The molecule has 0 aliphatic rings. The van der Waals surface area contributed by atoms with Gasteiger partial charge in [0.25, 0.3) is 0 Å². The van der Waals surface area contributed by atoms with Crippen molar-refractivity contribution >= 4 is 22.6 Å². The maximum absolute atomic E-state index is 9.14. The van der Waals surface area contributed by atoms with Gasteiger partial charge in [-0.25, -0.2) is 4.98 Å². The molecule has 0 radical (unpaired) electrons. The van der Waals surface area contributed by atoms with Gasteiger partial charge in [-0.2, -0.15) is 5.26 Å². The molecule has 0 saturated carbocycles. The molecule has 0 N–H and O–H groups in total. The summed E-state index contributed by atoms with van der Waals surface area (Å²) >= 11 is 6.18. The predicted octanol–water partition coefficient (Wildman–Crippen LogP) is 3.55. The number of aromatic nitrogens is 2. The summed E-state index contributed by atoms with van der Waals surface area (Å²) in [4.78, 5) is 4.32. The number of hydrogen-bond acceptors (Lipinski definition) is 2. The van der Waals surface area contributed by atoms with Crippen molar-refractivity contribution in [2.75, 3.05) is 0 Å². The van der Waals surface area contributed by atoms with E-state index >= 15 is 0 Å². The van der Waals surface area contributed by atoms with Crippen molar-refractivity contribution in [3.63, 3.8) is 0 Å². The first-order valence-electron chi connectivity index (χ1n) is 5.42. The molecule has 0 saturated heterocycles. The maximum atomic E-state index is 9.14. The van der Waals surface area contributed by atoms with E-state index in [4.69, 9.17) is 16.9 Å². The van der Waals surface area contributed by atoms with Gasteiger partial charge in [0.05, 0.1) is 16.3 Å². The van der Waals surface area contributed by atoms with Gasteiger partial charge in [-0.05, 0) is 24.3 Å². The summed E-state index contributed by atoms with van der Waals surface area (Å²) in [5, 5.41) is 10.6. The SMILES string of the molecule is N#Cc1cn(-c2ccccc2Cl)c2ncccc12. The Morgan fingerprint density at radius 3 is 2.78 bits per heavy atom. The Bertz CT molecular complexity index is 768. The van der Waals surface area contributed by atoms with E-state index in [-0.39, 0.29) is 0 Å². The average molecular weight is 254 g/mol. The molecule has 1 aromatic carbocycles. The van der Waals surface area contributed by atoms with Crippen LogP contribution in [0.3, 0.4) is 0 Å². The van der Waals surface area contributed by atoms with Gasteiger partial charge < -0.3 is 0 Å². The summed E-state index contributed by atoms with van der Waals surface area (Å²) < 4.78 is 1.84. The second kappa shape index (κ2) is 4.17. The highest BCUT2D eigenvalue weighted by Crippen LogP contribution is 2.26. The molecule has 3 aromatic rings. The molecule has 0 fully saturated rings. The first-order valence-corrected chi connectivity index (χ1v) is 5.80. The van der Waals surface area contributed by atoms with Crippen LogP contribution in [0.5, 0.6) is 0 Å². The average Bonchev–Trinajstić information content (AvgIpc) is 2.78. The van der Waals surface area contributed by atoms with Crippen LogP contribution in [0.15, 0.2) is 48.8 Å². The summed E-state index contributed by atoms with van der Waals surface area (Å²) in [5.41, 5.74) is 2.16.